The standard InChI is InChI=1S/C2H7N.3CH3.Sn/c1-3-2;;;;/h3H,1-2H3;3*1H3;. The van der Waals surface area contributed by atoms with Crippen LogP contribution in [0, 0.1) is 0 Å². The molecule has 0 amide bonds. The fraction of sp³-hybridized carbons (Fsp3) is 1.00. The van der Waals surface area contributed by atoms with Gasteiger partial charge >= 0.3 is 34.6 Å². The van der Waals surface area contributed by atoms with E-state index in [0.29, 0.717) is 0 Å². The van der Waals surface area contributed by atoms with Crippen molar-refractivity contribution >= 4 is 19.8 Å². The summed E-state index contributed by atoms with van der Waals surface area (Å²) in [6.45, 7) is 0. The van der Waals surface area contributed by atoms with Gasteiger partial charge in [-0.15, -0.1) is 0 Å². The molecule has 2 heteroatoms. The van der Waals surface area contributed by atoms with Crippen molar-refractivity contribution in [1.29, 1.82) is 0 Å². The van der Waals surface area contributed by atoms with Crippen molar-refractivity contribution in [2.24, 2.45) is 0 Å². The van der Waals surface area contributed by atoms with E-state index < -0.39 is 19.8 Å². The number of hydrogen-bond donors (Lipinski definition) is 1. The molecule has 0 saturated carbocycles. The van der Waals surface area contributed by atoms with E-state index in [1.807, 2.05) is 14.1 Å². The molecule has 1 nitrogen and oxygen atoms in total. The first-order valence-corrected chi connectivity index (χ1v) is 11.1. The number of hydrogen-bond acceptors (Lipinski definition) is 1. The molecule has 0 aliphatic rings. The molecule has 0 fully saturated rings. The molecule has 7 heavy (non-hydrogen) atoms. The Morgan fingerprint density at radius 2 is 1.00 bits per heavy atom. The van der Waals surface area contributed by atoms with Gasteiger partial charge in [-0.3, -0.25) is 0 Å². The number of nitrogens with one attached hydrogen (secondary N) is 1. The van der Waals surface area contributed by atoms with E-state index in [2.05, 4.69) is 20.1 Å². The first-order valence-electron chi connectivity index (χ1n) is 2.50. The van der Waals surface area contributed by atoms with E-state index in [1.54, 1.807) is 0 Å². The van der Waals surface area contributed by atoms with Crippen LogP contribution in [0.5, 0.6) is 0 Å². The molecule has 0 aromatic rings. The summed E-state index contributed by atoms with van der Waals surface area (Å²) < 4.78 is 0. The SMILES string of the molecule is CNC.[CH3][Sn]([CH3])[CH3]. The van der Waals surface area contributed by atoms with Crippen LogP contribution < -0.4 is 5.32 Å². The third-order valence-corrected chi connectivity index (χ3v) is 0. The molecule has 0 saturated heterocycles. The van der Waals surface area contributed by atoms with Gasteiger partial charge in [0, 0.05) is 0 Å². The second-order valence-corrected chi connectivity index (χ2v) is 10.6. The van der Waals surface area contributed by atoms with Crippen LogP contribution in [0.4, 0.5) is 0 Å². The Morgan fingerprint density at radius 1 is 1.00 bits per heavy atom. The molecular formula is C5H16NSn. The van der Waals surface area contributed by atoms with E-state index in [4.69, 9.17) is 0 Å². The van der Waals surface area contributed by atoms with Crippen molar-refractivity contribution in [1.82, 2.24) is 5.32 Å². The molecule has 0 aliphatic heterocycles. The molecule has 0 aliphatic carbocycles. The molecule has 0 atom stereocenters. The van der Waals surface area contributed by atoms with Crippen molar-refractivity contribution in [3.8, 4) is 0 Å². The molecule has 1 radical (unpaired) electrons. The van der Waals surface area contributed by atoms with Crippen LogP contribution in [0.25, 0.3) is 0 Å². The Kier molecular flexibility index (Phi) is 15.1. The van der Waals surface area contributed by atoms with E-state index >= 15 is 0 Å². The fourth-order valence-electron chi connectivity index (χ4n) is 0. The van der Waals surface area contributed by atoms with Crippen molar-refractivity contribution in [3.05, 3.63) is 0 Å². The van der Waals surface area contributed by atoms with Crippen LogP contribution in [-0.4, -0.2) is 33.9 Å². The van der Waals surface area contributed by atoms with Gasteiger partial charge in [-0.25, -0.2) is 0 Å². The summed E-state index contributed by atoms with van der Waals surface area (Å²) in [7, 11) is 3.75. The van der Waals surface area contributed by atoms with Gasteiger partial charge < -0.3 is 5.32 Å². The van der Waals surface area contributed by atoms with Crippen LogP contribution in [0.1, 0.15) is 0 Å². The Bertz CT molecular complexity index is 19.3. The maximum absolute atomic E-state index is 2.75. The molecule has 0 unspecified atom stereocenters. The van der Waals surface area contributed by atoms with Crippen molar-refractivity contribution in [3.63, 3.8) is 0 Å². The third-order valence-electron chi connectivity index (χ3n) is 0. The van der Waals surface area contributed by atoms with Crippen LogP contribution in [0.15, 0.2) is 0 Å². The Morgan fingerprint density at radius 3 is 1.00 bits per heavy atom. The normalized spacial score (nSPS) is 7.71. The van der Waals surface area contributed by atoms with Crippen molar-refractivity contribution in [2.45, 2.75) is 14.8 Å². The fourth-order valence-corrected chi connectivity index (χ4v) is 0. The van der Waals surface area contributed by atoms with Gasteiger partial charge in [0.25, 0.3) is 0 Å². The molecule has 0 aromatic heterocycles. The second-order valence-electron chi connectivity index (χ2n) is 2.00. The predicted molar refractivity (Wildman–Crippen MR) is 38.3 cm³/mol. The minimum atomic E-state index is -0.543. The second kappa shape index (κ2) is 9.90. The van der Waals surface area contributed by atoms with Gasteiger partial charge in [0.2, 0.25) is 0 Å². The average molecular weight is 209 g/mol. The summed E-state index contributed by atoms with van der Waals surface area (Å²) >= 11 is -0.543. The molecule has 0 bridgehead atoms. The van der Waals surface area contributed by atoms with E-state index in [1.165, 1.54) is 0 Å². The monoisotopic (exact) mass is 210 g/mol. The summed E-state index contributed by atoms with van der Waals surface area (Å²) in [5, 5.41) is 2.75. The summed E-state index contributed by atoms with van der Waals surface area (Å²) in [6, 6.07) is 0. The molecular weight excluding hydrogens is 193 g/mol. The zero-order valence-corrected chi connectivity index (χ0v) is 8.85. The van der Waals surface area contributed by atoms with Gasteiger partial charge in [0.1, 0.15) is 0 Å². The Hall–Kier alpha value is 0.759. The van der Waals surface area contributed by atoms with E-state index in [0.717, 1.165) is 0 Å². The van der Waals surface area contributed by atoms with Crippen LogP contribution >= 0.6 is 0 Å². The molecule has 0 rings (SSSR count). The van der Waals surface area contributed by atoms with Gasteiger partial charge in [-0.05, 0) is 14.1 Å². The summed E-state index contributed by atoms with van der Waals surface area (Å²) in [5.74, 6) is 0. The van der Waals surface area contributed by atoms with E-state index in [-0.39, 0.29) is 0 Å². The van der Waals surface area contributed by atoms with E-state index in [9.17, 15) is 0 Å². The molecule has 0 aromatic carbocycles. The van der Waals surface area contributed by atoms with Crippen LogP contribution in [0.2, 0.25) is 14.8 Å². The molecule has 45 valence electrons. The average Bonchev–Trinajstić information content (AvgIpc) is 1.33. The summed E-state index contributed by atoms with van der Waals surface area (Å²) in [6.07, 6.45) is 0. The summed E-state index contributed by atoms with van der Waals surface area (Å²) in [4.78, 5) is 7.09. The first-order chi connectivity index (χ1) is 3.15. The predicted octanol–water partition coefficient (Wildman–Crippen LogP) is 1.21. The van der Waals surface area contributed by atoms with Crippen LogP contribution in [-0.2, 0) is 0 Å². The van der Waals surface area contributed by atoms with Gasteiger partial charge in [-0.2, -0.15) is 0 Å². The Balaban J connectivity index is 0. The maximum atomic E-state index is 2.75. The zero-order chi connectivity index (χ0) is 6.28. The molecule has 0 heterocycles. The third kappa shape index (κ3) is 266. The zero-order valence-electron chi connectivity index (χ0n) is 6.00. The Labute approximate surface area is 54.2 Å². The summed E-state index contributed by atoms with van der Waals surface area (Å²) in [5.41, 5.74) is 0. The first kappa shape index (κ1) is 10.7. The molecule has 0 spiro atoms. The molecule has 1 N–H and O–H groups in total. The topological polar surface area (TPSA) is 12.0 Å². The van der Waals surface area contributed by atoms with Gasteiger partial charge in [0.05, 0.1) is 0 Å². The number of rotatable bonds is 0. The van der Waals surface area contributed by atoms with Gasteiger partial charge in [-0.1, -0.05) is 0 Å². The minimum absolute atomic E-state index is 0.543. The van der Waals surface area contributed by atoms with Crippen LogP contribution in [0.3, 0.4) is 0 Å². The van der Waals surface area contributed by atoms with Gasteiger partial charge in [0.15, 0.2) is 0 Å². The van der Waals surface area contributed by atoms with Crippen molar-refractivity contribution in [2.75, 3.05) is 14.1 Å². The quantitative estimate of drug-likeness (QED) is 0.591. The van der Waals surface area contributed by atoms with Crippen molar-refractivity contribution < 1.29 is 0 Å².